The van der Waals surface area contributed by atoms with E-state index in [9.17, 15) is 4.79 Å². The lowest BCUT2D eigenvalue weighted by Gasteiger charge is -2.06. The van der Waals surface area contributed by atoms with Gasteiger partial charge in [-0.05, 0) is 36.4 Å². The van der Waals surface area contributed by atoms with Crippen molar-refractivity contribution in [1.82, 2.24) is 14.8 Å². The molecule has 0 saturated heterocycles. The molecule has 102 valence electrons. The van der Waals surface area contributed by atoms with E-state index in [-0.39, 0.29) is 5.91 Å². The fourth-order valence-electron chi connectivity index (χ4n) is 1.94. The monoisotopic (exact) mass is 277 g/mol. The number of nitrogens with one attached hydrogen (secondary N) is 2. The van der Waals surface area contributed by atoms with Crippen LogP contribution in [0, 0.1) is 11.3 Å². The summed E-state index contributed by atoms with van der Waals surface area (Å²) in [4.78, 5) is 12.1. The maximum Gasteiger partial charge on any atom is 0.256 e. The smallest absolute Gasteiger partial charge is 0.256 e. The van der Waals surface area contributed by atoms with Gasteiger partial charge in [0.05, 0.1) is 6.20 Å². The van der Waals surface area contributed by atoms with E-state index < -0.39 is 0 Å². The number of anilines is 1. The van der Waals surface area contributed by atoms with Gasteiger partial charge < -0.3 is 9.88 Å². The van der Waals surface area contributed by atoms with Crippen LogP contribution < -0.4 is 5.32 Å². The summed E-state index contributed by atoms with van der Waals surface area (Å²) in [5.74, 6) is 0.00629. The third kappa shape index (κ3) is 2.53. The second-order valence-electron chi connectivity index (χ2n) is 4.36. The zero-order valence-corrected chi connectivity index (χ0v) is 10.9. The predicted molar refractivity (Wildman–Crippen MR) is 77.0 cm³/mol. The van der Waals surface area contributed by atoms with Crippen LogP contribution >= 0.6 is 0 Å². The molecule has 21 heavy (non-hydrogen) atoms. The molecule has 0 unspecified atom stereocenters. The Labute approximate surface area is 120 Å². The molecule has 0 atom stereocenters. The summed E-state index contributed by atoms with van der Waals surface area (Å²) in [6.07, 6.45) is 5.22. The van der Waals surface area contributed by atoms with Crippen LogP contribution in [0.2, 0.25) is 0 Å². The number of aromatic nitrogens is 3. The van der Waals surface area contributed by atoms with Crippen LogP contribution in [-0.4, -0.2) is 20.7 Å². The van der Waals surface area contributed by atoms with E-state index >= 15 is 0 Å². The summed E-state index contributed by atoms with van der Waals surface area (Å²) < 4.78 is 1.95. The van der Waals surface area contributed by atoms with E-state index in [2.05, 4.69) is 15.5 Å². The highest BCUT2D eigenvalue weighted by atomic mass is 16.1. The van der Waals surface area contributed by atoms with Crippen molar-refractivity contribution in [2.45, 2.75) is 0 Å². The number of hydrogen-bond acceptors (Lipinski definition) is 3. The Hall–Kier alpha value is -3.33. The van der Waals surface area contributed by atoms with Crippen LogP contribution in [-0.2, 0) is 0 Å². The minimum atomic E-state index is -0.296. The Morgan fingerprint density at radius 2 is 1.95 bits per heavy atom. The maximum absolute atomic E-state index is 12.1. The lowest BCUT2D eigenvalue weighted by atomic mass is 10.2. The number of carbonyl (C=O) groups is 1. The number of benzene rings is 1. The zero-order valence-electron chi connectivity index (χ0n) is 10.9. The number of nitriles is 1. The van der Waals surface area contributed by atoms with Crippen LogP contribution in [0.4, 0.5) is 5.82 Å². The molecule has 0 saturated carbocycles. The molecule has 3 aromatic rings. The van der Waals surface area contributed by atoms with Gasteiger partial charge in [0.15, 0.2) is 0 Å². The molecule has 2 heterocycles. The first kappa shape index (κ1) is 12.7. The average Bonchev–Trinajstić information content (AvgIpc) is 3.18. The number of nitrogens with zero attached hydrogens (tertiary/aromatic N) is 3. The third-order valence-electron chi connectivity index (χ3n) is 3.03. The molecular weight excluding hydrogens is 266 g/mol. The molecule has 1 amide bonds. The summed E-state index contributed by atoms with van der Waals surface area (Å²) >= 11 is 0. The van der Waals surface area contributed by atoms with Crippen molar-refractivity contribution in [1.29, 1.82) is 5.26 Å². The highest BCUT2D eigenvalue weighted by Crippen LogP contribution is 2.13. The van der Waals surface area contributed by atoms with Gasteiger partial charge in [-0.1, -0.05) is 0 Å². The van der Waals surface area contributed by atoms with Crippen LogP contribution in [0.3, 0.4) is 0 Å². The highest BCUT2D eigenvalue weighted by Gasteiger charge is 2.10. The van der Waals surface area contributed by atoms with Gasteiger partial charge >= 0.3 is 0 Å². The van der Waals surface area contributed by atoms with Crippen molar-refractivity contribution >= 4 is 11.7 Å². The van der Waals surface area contributed by atoms with Gasteiger partial charge in [0.25, 0.3) is 5.91 Å². The van der Waals surface area contributed by atoms with Crippen molar-refractivity contribution in [2.24, 2.45) is 0 Å². The molecule has 6 nitrogen and oxygen atoms in total. The Morgan fingerprint density at radius 1 is 1.24 bits per heavy atom. The topological polar surface area (TPSA) is 86.5 Å². The van der Waals surface area contributed by atoms with Gasteiger partial charge in [0, 0.05) is 23.6 Å². The van der Waals surface area contributed by atoms with Gasteiger partial charge in [-0.2, -0.15) is 10.4 Å². The number of amides is 1. The number of hydrogen-bond donors (Lipinski definition) is 2. The highest BCUT2D eigenvalue weighted by molar-refractivity contribution is 6.04. The fourth-order valence-corrected chi connectivity index (χ4v) is 1.94. The molecule has 0 radical (unpaired) electrons. The minimum Gasteiger partial charge on any atom is -0.324 e. The molecular formula is C15H11N5O. The Bertz CT molecular complexity index is 793. The van der Waals surface area contributed by atoms with Crippen LogP contribution in [0.25, 0.3) is 5.69 Å². The summed E-state index contributed by atoms with van der Waals surface area (Å²) in [7, 11) is 0. The van der Waals surface area contributed by atoms with Crippen molar-refractivity contribution < 1.29 is 4.79 Å². The minimum absolute atomic E-state index is 0.296. The van der Waals surface area contributed by atoms with Crippen LogP contribution in [0.1, 0.15) is 15.9 Å². The van der Waals surface area contributed by atoms with Gasteiger partial charge in [-0.25, -0.2) is 0 Å². The largest absolute Gasteiger partial charge is 0.324 e. The molecule has 0 spiro atoms. The molecule has 0 fully saturated rings. The summed E-state index contributed by atoms with van der Waals surface area (Å²) in [5.41, 5.74) is 1.77. The molecule has 1 aromatic carbocycles. The Kier molecular flexibility index (Phi) is 3.23. The van der Waals surface area contributed by atoms with Gasteiger partial charge in [-0.3, -0.25) is 9.89 Å². The Balaban J connectivity index is 1.78. The van der Waals surface area contributed by atoms with E-state index in [1.54, 1.807) is 12.1 Å². The third-order valence-corrected chi connectivity index (χ3v) is 3.03. The van der Waals surface area contributed by atoms with E-state index in [1.165, 1.54) is 6.20 Å². The molecule has 0 bridgehead atoms. The van der Waals surface area contributed by atoms with Crippen molar-refractivity contribution in [3.63, 3.8) is 0 Å². The second kappa shape index (κ2) is 5.35. The van der Waals surface area contributed by atoms with E-state index in [0.717, 1.165) is 5.69 Å². The Morgan fingerprint density at radius 3 is 2.62 bits per heavy atom. The molecule has 0 aliphatic rings. The van der Waals surface area contributed by atoms with Crippen LogP contribution in [0.15, 0.2) is 55.0 Å². The van der Waals surface area contributed by atoms with Crippen molar-refractivity contribution in [3.05, 3.63) is 66.1 Å². The average molecular weight is 277 g/mol. The predicted octanol–water partition coefficient (Wildman–Crippen LogP) is 2.32. The van der Waals surface area contributed by atoms with Crippen LogP contribution in [0.5, 0.6) is 0 Å². The van der Waals surface area contributed by atoms with E-state index in [4.69, 9.17) is 5.26 Å². The molecule has 3 rings (SSSR count). The molecule has 2 aromatic heterocycles. The standard InChI is InChI=1S/C15H11N5O/c16-9-12-10-17-19-14(12)18-15(21)11-3-5-13(6-4-11)20-7-1-2-8-20/h1-8,10H,(H2,17,18,19,21). The van der Waals surface area contributed by atoms with Gasteiger partial charge in [0.1, 0.15) is 17.5 Å². The van der Waals surface area contributed by atoms with E-state index in [1.807, 2.05) is 47.3 Å². The van der Waals surface area contributed by atoms with E-state index in [0.29, 0.717) is 16.9 Å². The molecule has 0 aliphatic heterocycles. The lowest BCUT2D eigenvalue weighted by molar-refractivity contribution is 0.102. The quantitative estimate of drug-likeness (QED) is 0.770. The number of H-pyrrole nitrogens is 1. The van der Waals surface area contributed by atoms with Crippen molar-refractivity contribution in [2.75, 3.05) is 5.32 Å². The zero-order chi connectivity index (χ0) is 14.7. The van der Waals surface area contributed by atoms with Gasteiger partial charge in [0.2, 0.25) is 0 Å². The maximum atomic E-state index is 12.1. The molecule has 2 N–H and O–H groups in total. The van der Waals surface area contributed by atoms with Gasteiger partial charge in [-0.15, -0.1) is 0 Å². The summed E-state index contributed by atoms with van der Waals surface area (Å²) in [6.45, 7) is 0. The first-order valence-electron chi connectivity index (χ1n) is 6.26. The SMILES string of the molecule is N#Cc1cn[nH]c1NC(=O)c1ccc(-n2cccc2)cc1. The first-order chi connectivity index (χ1) is 10.3. The normalized spacial score (nSPS) is 10.0. The number of rotatable bonds is 3. The van der Waals surface area contributed by atoms with Crippen molar-refractivity contribution in [3.8, 4) is 11.8 Å². The first-order valence-corrected chi connectivity index (χ1v) is 6.26. The lowest BCUT2D eigenvalue weighted by Crippen LogP contribution is -2.13. The molecule has 6 heteroatoms. The summed E-state index contributed by atoms with van der Waals surface area (Å²) in [5, 5.41) is 17.8. The second-order valence-corrected chi connectivity index (χ2v) is 4.36. The fraction of sp³-hybridized carbons (Fsp3) is 0. The summed E-state index contributed by atoms with van der Waals surface area (Å²) in [6, 6.07) is 13.0. The molecule has 0 aliphatic carbocycles. The number of aromatic amines is 1. The number of carbonyl (C=O) groups excluding carboxylic acids is 1.